The van der Waals surface area contributed by atoms with Crippen LogP contribution in [0.4, 0.5) is 0 Å². The lowest BCUT2D eigenvalue weighted by molar-refractivity contribution is 1.05. The van der Waals surface area contributed by atoms with E-state index >= 15 is 0 Å². The fraction of sp³-hybridized carbons (Fsp3) is 0.143. The number of benzene rings is 1. The molecule has 2 rings (SSSR count). The maximum absolute atomic E-state index is 4.21. The highest BCUT2D eigenvalue weighted by molar-refractivity contribution is 9.11. The lowest BCUT2D eigenvalue weighted by Crippen LogP contribution is -2.22. The monoisotopic (exact) mass is 274 g/mol. The van der Waals surface area contributed by atoms with Crippen molar-refractivity contribution in [2.24, 2.45) is 9.98 Å². The number of nitrogens with zero attached hydrogens (tertiary/aromatic N) is 2. The Labute approximate surface area is 80.3 Å². The van der Waals surface area contributed by atoms with Gasteiger partial charge in [0, 0.05) is 8.95 Å². The minimum absolute atomic E-state index is 0.560. The molecule has 0 N–H and O–H groups in total. The fourth-order valence-electron chi connectivity index (χ4n) is 1.01. The van der Waals surface area contributed by atoms with Crippen molar-refractivity contribution < 1.29 is 0 Å². The van der Waals surface area contributed by atoms with E-state index in [1.54, 1.807) is 0 Å². The Morgan fingerprint density at radius 1 is 1.18 bits per heavy atom. The van der Waals surface area contributed by atoms with E-state index in [4.69, 9.17) is 0 Å². The van der Waals surface area contributed by atoms with E-state index in [1.807, 2.05) is 12.1 Å². The van der Waals surface area contributed by atoms with Crippen molar-refractivity contribution in [1.29, 1.82) is 0 Å². The summed E-state index contributed by atoms with van der Waals surface area (Å²) in [5, 5.41) is 1.93. The van der Waals surface area contributed by atoms with Crippen LogP contribution in [0.5, 0.6) is 0 Å². The van der Waals surface area contributed by atoms with Crippen molar-refractivity contribution in [3.8, 4) is 0 Å². The molecule has 1 heterocycles. The molecular weight excluding hydrogens is 272 g/mol. The molecule has 1 aromatic carbocycles. The maximum atomic E-state index is 4.21. The number of fused-ring (bicyclic) bond motifs is 1. The molecule has 0 saturated heterocycles. The fourth-order valence-corrected chi connectivity index (χ4v) is 2.34. The highest BCUT2D eigenvalue weighted by Crippen LogP contribution is 2.10. The SMILES string of the molecule is Brc1cc(Br)c2c(c1)=NCN=2. The quantitative estimate of drug-likeness (QED) is 0.684. The summed E-state index contributed by atoms with van der Waals surface area (Å²) < 4.78 is 2.03. The molecule has 0 radical (unpaired) electrons. The van der Waals surface area contributed by atoms with E-state index in [2.05, 4.69) is 41.8 Å². The summed E-state index contributed by atoms with van der Waals surface area (Å²) in [6.45, 7) is 0.560. The van der Waals surface area contributed by atoms with Crippen LogP contribution in [0, 0.1) is 0 Å². The van der Waals surface area contributed by atoms with Crippen molar-refractivity contribution in [3.63, 3.8) is 0 Å². The van der Waals surface area contributed by atoms with Gasteiger partial charge in [-0.15, -0.1) is 0 Å². The summed E-state index contributed by atoms with van der Waals surface area (Å²) >= 11 is 6.80. The highest BCUT2D eigenvalue weighted by atomic mass is 79.9. The highest BCUT2D eigenvalue weighted by Gasteiger charge is 2.01. The first kappa shape index (κ1) is 7.43. The Morgan fingerprint density at radius 2 is 2.00 bits per heavy atom. The van der Waals surface area contributed by atoms with Crippen LogP contribution >= 0.6 is 31.9 Å². The summed E-state index contributed by atoms with van der Waals surface area (Å²) in [6, 6.07) is 3.94. The zero-order valence-electron chi connectivity index (χ0n) is 5.51. The van der Waals surface area contributed by atoms with Gasteiger partial charge in [-0.2, -0.15) is 0 Å². The van der Waals surface area contributed by atoms with Gasteiger partial charge >= 0.3 is 0 Å². The van der Waals surface area contributed by atoms with Gasteiger partial charge in [0.25, 0.3) is 0 Å². The van der Waals surface area contributed by atoms with Gasteiger partial charge in [-0.25, -0.2) is 0 Å². The molecule has 0 atom stereocenters. The standard InChI is InChI=1S/C7H4Br2N2/c8-4-1-5(9)7-6(2-4)10-3-11-7/h1-2H,3H2. The largest absolute Gasteiger partial charge is 0.260 e. The average molecular weight is 276 g/mol. The van der Waals surface area contributed by atoms with E-state index in [9.17, 15) is 0 Å². The van der Waals surface area contributed by atoms with Crippen molar-refractivity contribution in [2.75, 3.05) is 6.67 Å². The summed E-state index contributed by atoms with van der Waals surface area (Å²) in [5.74, 6) is 0. The second kappa shape index (κ2) is 2.68. The zero-order chi connectivity index (χ0) is 7.84. The topological polar surface area (TPSA) is 24.7 Å². The second-order valence-electron chi connectivity index (χ2n) is 2.21. The van der Waals surface area contributed by atoms with E-state index < -0.39 is 0 Å². The molecule has 0 amide bonds. The van der Waals surface area contributed by atoms with Gasteiger partial charge in [-0.05, 0) is 28.1 Å². The first-order chi connectivity index (χ1) is 5.27. The van der Waals surface area contributed by atoms with Crippen LogP contribution < -0.4 is 10.7 Å². The molecule has 0 spiro atoms. The third-order valence-corrected chi connectivity index (χ3v) is 2.54. The van der Waals surface area contributed by atoms with Crippen molar-refractivity contribution in [1.82, 2.24) is 0 Å². The van der Waals surface area contributed by atoms with E-state index in [0.29, 0.717) is 6.67 Å². The average Bonchev–Trinajstić information content (AvgIpc) is 2.34. The summed E-state index contributed by atoms with van der Waals surface area (Å²) in [7, 11) is 0. The first-order valence-electron chi connectivity index (χ1n) is 3.11. The molecular formula is C7H4Br2N2. The van der Waals surface area contributed by atoms with Gasteiger partial charge in [-0.3, -0.25) is 9.98 Å². The number of hydrogen-bond donors (Lipinski definition) is 0. The van der Waals surface area contributed by atoms with Gasteiger partial charge in [0.15, 0.2) is 0 Å². The Kier molecular flexibility index (Phi) is 1.81. The van der Waals surface area contributed by atoms with Crippen molar-refractivity contribution >= 4 is 31.9 Å². The van der Waals surface area contributed by atoms with Crippen LogP contribution in [0.25, 0.3) is 0 Å². The Balaban J connectivity index is 2.93. The van der Waals surface area contributed by atoms with Gasteiger partial charge in [0.2, 0.25) is 0 Å². The summed E-state index contributed by atoms with van der Waals surface area (Å²) in [5.41, 5.74) is 0. The molecule has 1 aliphatic rings. The number of halogens is 2. The molecule has 0 fully saturated rings. The summed E-state index contributed by atoms with van der Waals surface area (Å²) in [4.78, 5) is 8.40. The third-order valence-electron chi connectivity index (χ3n) is 1.48. The van der Waals surface area contributed by atoms with Crippen LogP contribution in [0.15, 0.2) is 31.1 Å². The van der Waals surface area contributed by atoms with E-state index in [0.717, 1.165) is 19.7 Å². The molecule has 0 aromatic heterocycles. The van der Waals surface area contributed by atoms with Crippen LogP contribution in [-0.2, 0) is 0 Å². The Hall–Kier alpha value is -0.220. The van der Waals surface area contributed by atoms with E-state index in [1.165, 1.54) is 0 Å². The lowest BCUT2D eigenvalue weighted by Gasteiger charge is -1.90. The third kappa shape index (κ3) is 1.25. The predicted molar refractivity (Wildman–Crippen MR) is 49.0 cm³/mol. The first-order valence-corrected chi connectivity index (χ1v) is 4.70. The Morgan fingerprint density at radius 3 is 2.82 bits per heavy atom. The predicted octanol–water partition coefficient (Wildman–Crippen LogP) is 1.42. The van der Waals surface area contributed by atoms with Crippen molar-refractivity contribution in [3.05, 3.63) is 31.8 Å². The van der Waals surface area contributed by atoms with E-state index in [-0.39, 0.29) is 0 Å². The van der Waals surface area contributed by atoms with Crippen LogP contribution in [0.3, 0.4) is 0 Å². The molecule has 0 aliphatic carbocycles. The molecule has 11 heavy (non-hydrogen) atoms. The molecule has 0 saturated carbocycles. The lowest BCUT2D eigenvalue weighted by atomic mass is 10.3. The van der Waals surface area contributed by atoms with Gasteiger partial charge in [-0.1, -0.05) is 15.9 Å². The summed E-state index contributed by atoms with van der Waals surface area (Å²) in [6.07, 6.45) is 0. The van der Waals surface area contributed by atoms with Gasteiger partial charge in [0.1, 0.15) is 6.67 Å². The van der Waals surface area contributed by atoms with Crippen LogP contribution in [-0.4, -0.2) is 6.67 Å². The number of hydrogen-bond acceptors (Lipinski definition) is 2. The molecule has 1 aromatic rings. The molecule has 1 aliphatic heterocycles. The molecule has 4 heteroatoms. The number of rotatable bonds is 0. The molecule has 0 bridgehead atoms. The minimum atomic E-state index is 0.560. The second-order valence-corrected chi connectivity index (χ2v) is 3.98. The van der Waals surface area contributed by atoms with Gasteiger partial charge in [0.05, 0.1) is 10.7 Å². The van der Waals surface area contributed by atoms with Crippen LogP contribution in [0.1, 0.15) is 0 Å². The minimum Gasteiger partial charge on any atom is -0.260 e. The zero-order valence-corrected chi connectivity index (χ0v) is 8.68. The van der Waals surface area contributed by atoms with Crippen LogP contribution in [0.2, 0.25) is 0 Å². The van der Waals surface area contributed by atoms with Gasteiger partial charge < -0.3 is 0 Å². The van der Waals surface area contributed by atoms with Crippen molar-refractivity contribution in [2.45, 2.75) is 0 Å². The smallest absolute Gasteiger partial charge is 0.130 e. The maximum Gasteiger partial charge on any atom is 0.130 e. The normalized spacial score (nSPS) is 13.6. The molecule has 0 unspecified atom stereocenters. The molecule has 2 nitrogen and oxygen atoms in total. The molecule has 56 valence electrons. The Bertz CT molecular complexity index is 411.